The van der Waals surface area contributed by atoms with Gasteiger partial charge in [-0.1, -0.05) is 30.3 Å². The lowest BCUT2D eigenvalue weighted by atomic mass is 9.92. The van der Waals surface area contributed by atoms with Crippen molar-refractivity contribution < 1.29 is 23.1 Å². The molecule has 0 aromatic heterocycles. The maximum absolute atomic E-state index is 13.6. The number of ether oxygens (including phenoxy) is 1. The quantitative estimate of drug-likeness (QED) is 0.739. The predicted molar refractivity (Wildman–Crippen MR) is 109 cm³/mol. The molecule has 3 rings (SSSR count). The summed E-state index contributed by atoms with van der Waals surface area (Å²) < 4.78 is 33.4. The van der Waals surface area contributed by atoms with Crippen molar-refractivity contribution in [1.82, 2.24) is 4.31 Å². The molecule has 150 valence electrons. The Hall–Kier alpha value is -2.03. The monoisotopic (exact) mass is 421 g/mol. The van der Waals surface area contributed by atoms with Gasteiger partial charge in [0.05, 0.1) is 12.0 Å². The van der Waals surface area contributed by atoms with Crippen molar-refractivity contribution in [2.24, 2.45) is 0 Å². The van der Waals surface area contributed by atoms with Crippen LogP contribution in [0.3, 0.4) is 0 Å². The van der Waals surface area contributed by atoms with Crippen molar-refractivity contribution in [3.05, 3.63) is 60.2 Å². The number of carbonyl (C=O) groups is 1. The lowest BCUT2D eigenvalue weighted by Crippen LogP contribution is -2.58. The van der Waals surface area contributed by atoms with E-state index in [2.05, 4.69) is 0 Å². The molecule has 1 saturated heterocycles. The molecule has 0 amide bonds. The summed E-state index contributed by atoms with van der Waals surface area (Å²) in [5, 5.41) is 10.1. The molecule has 1 fully saturated rings. The number of aliphatic carboxylic acids is 1. The Bertz CT molecular complexity index is 907. The lowest BCUT2D eigenvalue weighted by molar-refractivity contribution is -0.149. The number of thioether (sulfide) groups is 1. The number of hydrogen-bond acceptors (Lipinski definition) is 5. The van der Waals surface area contributed by atoms with Crippen LogP contribution in [0.4, 0.5) is 0 Å². The van der Waals surface area contributed by atoms with Gasteiger partial charge in [-0.15, -0.1) is 0 Å². The third kappa shape index (κ3) is 4.04. The summed E-state index contributed by atoms with van der Waals surface area (Å²) in [5.74, 6) is 0.655. The van der Waals surface area contributed by atoms with E-state index in [0.29, 0.717) is 17.3 Å². The molecule has 0 saturated carbocycles. The Kier molecular flexibility index (Phi) is 6.32. The van der Waals surface area contributed by atoms with Crippen LogP contribution >= 0.6 is 11.8 Å². The zero-order chi connectivity index (χ0) is 20.2. The summed E-state index contributed by atoms with van der Waals surface area (Å²) in [7, 11) is -2.54. The normalized spacial score (nSPS) is 16.6. The molecule has 28 heavy (non-hydrogen) atoms. The fraction of sp³-hybridized carbons (Fsp3) is 0.350. The van der Waals surface area contributed by atoms with E-state index in [4.69, 9.17) is 4.74 Å². The van der Waals surface area contributed by atoms with Crippen LogP contribution in [-0.2, 0) is 21.4 Å². The Morgan fingerprint density at radius 1 is 1.11 bits per heavy atom. The van der Waals surface area contributed by atoms with Crippen molar-refractivity contribution in [2.75, 3.05) is 18.6 Å². The molecule has 0 aliphatic carbocycles. The van der Waals surface area contributed by atoms with Gasteiger partial charge in [-0.25, -0.2) is 8.42 Å². The van der Waals surface area contributed by atoms with E-state index in [1.807, 2.05) is 30.3 Å². The highest BCUT2D eigenvalue weighted by Crippen LogP contribution is 2.38. The highest BCUT2D eigenvalue weighted by atomic mass is 32.2. The fourth-order valence-corrected chi connectivity index (χ4v) is 6.31. The van der Waals surface area contributed by atoms with Crippen molar-refractivity contribution in [1.29, 1.82) is 0 Å². The average Bonchev–Trinajstić information content (AvgIpc) is 2.73. The molecule has 2 aromatic carbocycles. The molecule has 0 radical (unpaired) electrons. The van der Waals surface area contributed by atoms with Gasteiger partial charge in [-0.3, -0.25) is 4.79 Å². The number of carboxylic acids is 1. The topological polar surface area (TPSA) is 83.9 Å². The first-order chi connectivity index (χ1) is 13.4. The molecular formula is C20H23NO5S2. The van der Waals surface area contributed by atoms with Crippen LogP contribution in [0.15, 0.2) is 59.5 Å². The fourth-order valence-electron chi connectivity index (χ4n) is 3.37. The SMILES string of the molecule is COc1ccc(S(=O)(=O)N(Cc2ccccc2)C2(C(=O)O)CCSCC2)cc1. The van der Waals surface area contributed by atoms with Crippen LogP contribution in [0.1, 0.15) is 18.4 Å². The molecule has 0 bridgehead atoms. The maximum Gasteiger partial charge on any atom is 0.325 e. The Morgan fingerprint density at radius 3 is 2.25 bits per heavy atom. The first-order valence-electron chi connectivity index (χ1n) is 8.92. The van der Waals surface area contributed by atoms with Gasteiger partial charge < -0.3 is 9.84 Å². The predicted octanol–water partition coefficient (Wildman–Crippen LogP) is 3.24. The molecule has 6 nitrogen and oxygen atoms in total. The van der Waals surface area contributed by atoms with E-state index in [-0.39, 0.29) is 24.3 Å². The molecule has 0 unspecified atom stereocenters. The van der Waals surface area contributed by atoms with Crippen LogP contribution in [0.5, 0.6) is 5.75 Å². The van der Waals surface area contributed by atoms with E-state index in [0.717, 1.165) is 5.56 Å². The molecule has 1 aliphatic rings. The first-order valence-corrected chi connectivity index (χ1v) is 11.5. The molecule has 8 heteroatoms. The summed E-state index contributed by atoms with van der Waals surface area (Å²) in [5.41, 5.74) is -0.710. The second-order valence-corrected chi connectivity index (χ2v) is 9.71. The number of methoxy groups -OCH3 is 1. The number of rotatable bonds is 7. The van der Waals surface area contributed by atoms with Gasteiger partial charge in [0.15, 0.2) is 0 Å². The molecule has 0 atom stereocenters. The van der Waals surface area contributed by atoms with Crippen molar-refractivity contribution in [2.45, 2.75) is 29.8 Å². The van der Waals surface area contributed by atoms with E-state index in [1.54, 1.807) is 23.9 Å². The Labute approximate surface area is 169 Å². The number of sulfonamides is 1. The van der Waals surface area contributed by atoms with Crippen LogP contribution in [0.2, 0.25) is 0 Å². The summed E-state index contributed by atoms with van der Waals surface area (Å²) in [4.78, 5) is 12.4. The molecule has 1 heterocycles. The zero-order valence-electron chi connectivity index (χ0n) is 15.6. The van der Waals surface area contributed by atoms with Crippen LogP contribution in [-0.4, -0.2) is 48.0 Å². The number of hydrogen-bond donors (Lipinski definition) is 1. The molecule has 1 aliphatic heterocycles. The third-order valence-electron chi connectivity index (χ3n) is 5.01. The molecule has 2 aromatic rings. The van der Waals surface area contributed by atoms with E-state index >= 15 is 0 Å². The Balaban J connectivity index is 2.09. The van der Waals surface area contributed by atoms with E-state index in [9.17, 15) is 18.3 Å². The minimum atomic E-state index is -4.04. The van der Waals surface area contributed by atoms with E-state index < -0.39 is 21.5 Å². The number of carboxylic acid groups (broad SMARTS) is 1. The van der Waals surface area contributed by atoms with Gasteiger partial charge >= 0.3 is 5.97 Å². The van der Waals surface area contributed by atoms with E-state index in [1.165, 1.54) is 23.5 Å². The van der Waals surface area contributed by atoms with Gasteiger partial charge in [0.1, 0.15) is 11.3 Å². The second-order valence-electron chi connectivity index (χ2n) is 6.62. The Morgan fingerprint density at radius 2 is 1.71 bits per heavy atom. The summed E-state index contributed by atoms with van der Waals surface area (Å²) in [6.45, 7) is 0.00612. The number of benzene rings is 2. The average molecular weight is 422 g/mol. The van der Waals surface area contributed by atoms with Gasteiger partial charge in [-0.2, -0.15) is 16.1 Å². The molecular weight excluding hydrogens is 398 g/mol. The number of nitrogens with zero attached hydrogens (tertiary/aromatic N) is 1. The van der Waals surface area contributed by atoms with Crippen molar-refractivity contribution in [3.8, 4) is 5.75 Å². The summed E-state index contributed by atoms with van der Waals surface area (Å²) in [6, 6.07) is 15.1. The zero-order valence-corrected chi connectivity index (χ0v) is 17.2. The van der Waals surface area contributed by atoms with Crippen LogP contribution in [0.25, 0.3) is 0 Å². The highest BCUT2D eigenvalue weighted by molar-refractivity contribution is 7.99. The van der Waals surface area contributed by atoms with Crippen LogP contribution < -0.4 is 4.74 Å². The van der Waals surface area contributed by atoms with Gasteiger partial charge in [0.2, 0.25) is 10.0 Å². The second kappa shape index (κ2) is 8.55. The lowest BCUT2D eigenvalue weighted by Gasteiger charge is -2.42. The minimum Gasteiger partial charge on any atom is -0.497 e. The van der Waals surface area contributed by atoms with Gasteiger partial charge in [-0.05, 0) is 54.2 Å². The van der Waals surface area contributed by atoms with Gasteiger partial charge in [0.25, 0.3) is 0 Å². The summed E-state index contributed by atoms with van der Waals surface area (Å²) in [6.07, 6.45) is 0.546. The van der Waals surface area contributed by atoms with Crippen LogP contribution in [0, 0.1) is 0 Å². The molecule has 0 spiro atoms. The standard InChI is InChI=1S/C20H23NO5S2/c1-26-17-7-9-18(10-8-17)28(24,25)21(15-16-5-3-2-4-6-16)20(19(22)23)11-13-27-14-12-20/h2-10H,11-15H2,1H3,(H,22,23). The van der Waals surface area contributed by atoms with Crippen molar-refractivity contribution in [3.63, 3.8) is 0 Å². The van der Waals surface area contributed by atoms with Crippen molar-refractivity contribution >= 4 is 27.8 Å². The maximum atomic E-state index is 13.6. The minimum absolute atomic E-state index is 0.00612. The smallest absolute Gasteiger partial charge is 0.325 e. The third-order valence-corrected chi connectivity index (χ3v) is 7.92. The first kappa shape index (κ1) is 20.7. The summed E-state index contributed by atoms with van der Waals surface area (Å²) >= 11 is 1.65. The van der Waals surface area contributed by atoms with Gasteiger partial charge in [0, 0.05) is 6.54 Å². The largest absolute Gasteiger partial charge is 0.497 e. The molecule has 1 N–H and O–H groups in total. The highest BCUT2D eigenvalue weighted by Gasteiger charge is 2.50.